The van der Waals surface area contributed by atoms with E-state index in [4.69, 9.17) is 0 Å². The first-order valence-corrected chi connectivity index (χ1v) is 11.3. The Hall–Kier alpha value is -2.28. The first kappa shape index (κ1) is 20.0. The Balaban J connectivity index is 1.44. The molecule has 1 aliphatic carbocycles. The van der Waals surface area contributed by atoms with E-state index in [-0.39, 0.29) is 23.1 Å². The minimum atomic E-state index is -0.391. The number of hydrogen-bond acceptors (Lipinski definition) is 5. The van der Waals surface area contributed by atoms with Gasteiger partial charge in [0.05, 0.1) is 0 Å². The molecule has 2 fully saturated rings. The number of carbonyl (C=O) groups excluding carboxylic acids is 2. The molecule has 154 valence electrons. The number of likely N-dealkylation sites (tertiary alicyclic amines) is 1. The molecule has 1 aromatic heterocycles. The van der Waals surface area contributed by atoms with Gasteiger partial charge >= 0.3 is 0 Å². The van der Waals surface area contributed by atoms with E-state index in [9.17, 15) is 9.59 Å². The quantitative estimate of drug-likeness (QED) is 0.806. The second-order valence-electron chi connectivity index (χ2n) is 8.56. The highest BCUT2D eigenvalue weighted by Gasteiger charge is 2.38. The normalized spacial score (nSPS) is 20.2. The lowest BCUT2D eigenvalue weighted by Crippen LogP contribution is -2.45. The molecule has 0 radical (unpaired) electrons. The zero-order chi connectivity index (χ0) is 20.4. The van der Waals surface area contributed by atoms with Crippen LogP contribution in [-0.4, -0.2) is 39.5 Å². The van der Waals surface area contributed by atoms with Gasteiger partial charge in [0.25, 0.3) is 0 Å². The Morgan fingerprint density at radius 1 is 1.07 bits per heavy atom. The summed E-state index contributed by atoms with van der Waals surface area (Å²) in [6, 6.07) is 9.77. The van der Waals surface area contributed by atoms with Crippen LogP contribution >= 0.6 is 11.3 Å². The maximum atomic E-state index is 12.9. The SMILES string of the molecule is CC(C)(c1ccccc1)c1nnc(NC(=O)C2CCCN2C(=O)C2CCCC2)s1. The first-order chi connectivity index (χ1) is 14.0. The summed E-state index contributed by atoms with van der Waals surface area (Å²) in [4.78, 5) is 27.5. The Morgan fingerprint density at radius 2 is 1.79 bits per heavy atom. The van der Waals surface area contributed by atoms with Crippen molar-refractivity contribution in [3.05, 3.63) is 40.9 Å². The molecule has 2 heterocycles. The fourth-order valence-corrected chi connectivity index (χ4v) is 5.27. The predicted molar refractivity (Wildman–Crippen MR) is 114 cm³/mol. The summed E-state index contributed by atoms with van der Waals surface area (Å²) in [6.45, 7) is 4.89. The maximum absolute atomic E-state index is 12.9. The summed E-state index contributed by atoms with van der Waals surface area (Å²) in [5, 5.41) is 12.8. The second kappa shape index (κ2) is 8.22. The highest BCUT2D eigenvalue weighted by atomic mass is 32.1. The van der Waals surface area contributed by atoms with Gasteiger partial charge in [-0.2, -0.15) is 0 Å². The molecule has 2 aliphatic rings. The Kier molecular flexibility index (Phi) is 5.67. The van der Waals surface area contributed by atoms with Crippen molar-refractivity contribution < 1.29 is 9.59 Å². The smallest absolute Gasteiger partial charge is 0.249 e. The molecule has 1 aromatic carbocycles. The van der Waals surface area contributed by atoms with Gasteiger partial charge in [0, 0.05) is 17.9 Å². The van der Waals surface area contributed by atoms with Gasteiger partial charge < -0.3 is 4.90 Å². The molecule has 1 unspecified atom stereocenters. The van der Waals surface area contributed by atoms with E-state index >= 15 is 0 Å². The molecule has 4 rings (SSSR count). The summed E-state index contributed by atoms with van der Waals surface area (Å²) in [7, 11) is 0. The van der Waals surface area contributed by atoms with Crippen LogP contribution in [0.2, 0.25) is 0 Å². The summed E-state index contributed by atoms with van der Waals surface area (Å²) >= 11 is 1.40. The monoisotopic (exact) mass is 412 g/mol. The van der Waals surface area contributed by atoms with E-state index in [1.165, 1.54) is 11.3 Å². The summed E-state index contributed by atoms with van der Waals surface area (Å²) < 4.78 is 0. The van der Waals surface area contributed by atoms with Gasteiger partial charge in [0.1, 0.15) is 11.0 Å². The number of rotatable bonds is 5. The van der Waals surface area contributed by atoms with Gasteiger partial charge in [0.15, 0.2) is 0 Å². The van der Waals surface area contributed by atoms with Crippen LogP contribution < -0.4 is 5.32 Å². The van der Waals surface area contributed by atoms with Crippen molar-refractivity contribution >= 4 is 28.3 Å². The molecule has 1 atom stereocenters. The van der Waals surface area contributed by atoms with E-state index in [0.29, 0.717) is 18.1 Å². The molecule has 1 saturated carbocycles. The average molecular weight is 413 g/mol. The molecule has 0 spiro atoms. The number of amides is 2. The van der Waals surface area contributed by atoms with Crippen LogP contribution in [0.5, 0.6) is 0 Å². The minimum Gasteiger partial charge on any atom is -0.330 e. The molecule has 29 heavy (non-hydrogen) atoms. The summed E-state index contributed by atoms with van der Waals surface area (Å²) in [5.41, 5.74) is 0.859. The van der Waals surface area contributed by atoms with Gasteiger partial charge in [-0.25, -0.2) is 0 Å². The summed E-state index contributed by atoms with van der Waals surface area (Å²) in [6.07, 6.45) is 5.73. The van der Waals surface area contributed by atoms with E-state index in [2.05, 4.69) is 41.5 Å². The molecule has 2 amide bonds. The lowest BCUT2D eigenvalue weighted by atomic mass is 9.85. The number of benzene rings is 1. The van der Waals surface area contributed by atoms with Gasteiger partial charge in [-0.3, -0.25) is 14.9 Å². The van der Waals surface area contributed by atoms with Crippen molar-refractivity contribution in [3.63, 3.8) is 0 Å². The third-order valence-electron chi connectivity index (χ3n) is 6.23. The standard InChI is InChI=1S/C22H28N4O2S/c1-22(2,16-11-4-3-5-12-16)20-24-25-21(29-20)23-18(27)17-13-8-14-26(17)19(28)15-9-6-7-10-15/h3-5,11-12,15,17H,6-10,13-14H2,1-2H3,(H,23,25,27). The van der Waals surface area contributed by atoms with Crippen molar-refractivity contribution in [1.82, 2.24) is 15.1 Å². The predicted octanol–water partition coefficient (Wildman–Crippen LogP) is 3.98. The number of carbonyl (C=O) groups is 2. The second-order valence-corrected chi connectivity index (χ2v) is 9.54. The van der Waals surface area contributed by atoms with E-state index in [0.717, 1.165) is 42.7 Å². The highest BCUT2D eigenvalue weighted by Crippen LogP contribution is 2.35. The Labute approximate surface area is 175 Å². The average Bonchev–Trinajstić information content (AvgIpc) is 3.49. The van der Waals surface area contributed by atoms with Crippen LogP contribution in [0.25, 0.3) is 0 Å². The summed E-state index contributed by atoms with van der Waals surface area (Å²) in [5.74, 6) is 0.112. The van der Waals surface area contributed by atoms with Gasteiger partial charge in [-0.15, -0.1) is 10.2 Å². The maximum Gasteiger partial charge on any atom is 0.249 e. The molecule has 1 aliphatic heterocycles. The number of nitrogens with one attached hydrogen (secondary N) is 1. The zero-order valence-electron chi connectivity index (χ0n) is 17.1. The molecule has 0 bridgehead atoms. The molecule has 6 nitrogen and oxygen atoms in total. The van der Waals surface area contributed by atoms with E-state index in [1.807, 2.05) is 18.2 Å². The number of hydrogen-bond donors (Lipinski definition) is 1. The molecule has 1 saturated heterocycles. The van der Waals surface area contributed by atoms with Crippen LogP contribution in [0.3, 0.4) is 0 Å². The van der Waals surface area contributed by atoms with Gasteiger partial charge in [-0.1, -0.05) is 54.5 Å². The van der Waals surface area contributed by atoms with Gasteiger partial charge in [0.2, 0.25) is 16.9 Å². The molecule has 2 aromatic rings. The van der Waals surface area contributed by atoms with Crippen molar-refractivity contribution in [1.29, 1.82) is 0 Å². The third kappa shape index (κ3) is 4.06. The van der Waals surface area contributed by atoms with Crippen LogP contribution in [0.15, 0.2) is 30.3 Å². The number of anilines is 1. The zero-order valence-corrected chi connectivity index (χ0v) is 17.9. The molecular weight excluding hydrogens is 384 g/mol. The Morgan fingerprint density at radius 3 is 2.52 bits per heavy atom. The highest BCUT2D eigenvalue weighted by molar-refractivity contribution is 7.15. The minimum absolute atomic E-state index is 0.100. The third-order valence-corrected chi connectivity index (χ3v) is 7.39. The van der Waals surface area contributed by atoms with Crippen LogP contribution in [0.1, 0.15) is 62.9 Å². The molecule has 7 heteroatoms. The lowest BCUT2D eigenvalue weighted by Gasteiger charge is -2.26. The largest absolute Gasteiger partial charge is 0.330 e. The van der Waals surface area contributed by atoms with E-state index in [1.54, 1.807) is 4.90 Å². The molecular formula is C22H28N4O2S. The number of aromatic nitrogens is 2. The molecule has 1 N–H and O–H groups in total. The van der Waals surface area contributed by atoms with Crippen molar-refractivity contribution in [2.45, 2.75) is 63.8 Å². The van der Waals surface area contributed by atoms with Gasteiger partial charge in [-0.05, 0) is 45.1 Å². The first-order valence-electron chi connectivity index (χ1n) is 10.5. The fraction of sp³-hybridized carbons (Fsp3) is 0.545. The van der Waals surface area contributed by atoms with Crippen molar-refractivity contribution in [2.75, 3.05) is 11.9 Å². The van der Waals surface area contributed by atoms with Crippen molar-refractivity contribution in [2.24, 2.45) is 5.92 Å². The topological polar surface area (TPSA) is 75.2 Å². The fourth-order valence-electron chi connectivity index (χ4n) is 4.40. The van der Waals surface area contributed by atoms with Crippen LogP contribution in [0.4, 0.5) is 5.13 Å². The number of nitrogens with zero attached hydrogens (tertiary/aromatic N) is 3. The lowest BCUT2D eigenvalue weighted by molar-refractivity contribution is -0.140. The Bertz CT molecular complexity index is 874. The van der Waals surface area contributed by atoms with Crippen molar-refractivity contribution in [3.8, 4) is 0 Å². The van der Waals surface area contributed by atoms with Crippen LogP contribution in [-0.2, 0) is 15.0 Å². The van der Waals surface area contributed by atoms with Crippen LogP contribution in [0, 0.1) is 5.92 Å². The van der Waals surface area contributed by atoms with E-state index < -0.39 is 6.04 Å².